The maximum atomic E-state index is 12.4. The summed E-state index contributed by atoms with van der Waals surface area (Å²) in [7, 11) is 0. The van der Waals surface area contributed by atoms with Gasteiger partial charge >= 0.3 is 6.36 Å². The minimum Gasteiger partial charge on any atom is -0.404 e. The van der Waals surface area contributed by atoms with Crippen LogP contribution < -0.4 is 15.8 Å². The Kier molecular flexibility index (Phi) is 6.92. The van der Waals surface area contributed by atoms with Crippen LogP contribution in [0.5, 0.6) is 5.75 Å². The van der Waals surface area contributed by atoms with E-state index < -0.39 is 6.36 Å². The van der Waals surface area contributed by atoms with Crippen LogP contribution in [-0.2, 0) is 0 Å². The number of anilines is 1. The Hall–Kier alpha value is -1.96. The summed E-state index contributed by atoms with van der Waals surface area (Å²) in [4.78, 5) is 6.58. The molecule has 0 saturated carbocycles. The molecule has 0 bridgehead atoms. The van der Waals surface area contributed by atoms with Crippen LogP contribution in [-0.4, -0.2) is 43.4 Å². The summed E-state index contributed by atoms with van der Waals surface area (Å²) in [5, 5.41) is 2.67. The van der Waals surface area contributed by atoms with Gasteiger partial charge in [-0.3, -0.25) is 4.99 Å². The minimum absolute atomic E-state index is 0.0745. The highest BCUT2D eigenvalue weighted by atomic mass is 19.4. The number of halogens is 3. The van der Waals surface area contributed by atoms with E-state index in [1.54, 1.807) is 6.07 Å². The average molecular weight is 358 g/mol. The van der Waals surface area contributed by atoms with Crippen molar-refractivity contribution in [1.29, 1.82) is 0 Å². The molecule has 140 valence electrons. The monoisotopic (exact) mass is 358 g/mol. The van der Waals surface area contributed by atoms with Gasteiger partial charge in [0.1, 0.15) is 0 Å². The van der Waals surface area contributed by atoms with Gasteiger partial charge in [-0.15, -0.1) is 13.2 Å². The number of alkyl halides is 3. The molecule has 0 atom stereocenters. The molecule has 1 aliphatic heterocycles. The Balaban J connectivity index is 1.79. The molecule has 25 heavy (non-hydrogen) atoms. The molecule has 1 heterocycles. The van der Waals surface area contributed by atoms with Gasteiger partial charge in [-0.25, -0.2) is 0 Å². The molecule has 0 spiro atoms. The van der Waals surface area contributed by atoms with Gasteiger partial charge in [0.2, 0.25) is 0 Å². The molecule has 1 fully saturated rings. The van der Waals surface area contributed by atoms with Gasteiger partial charge < -0.3 is 20.7 Å². The molecule has 1 aromatic rings. The van der Waals surface area contributed by atoms with E-state index in [-0.39, 0.29) is 17.4 Å². The van der Waals surface area contributed by atoms with Crippen LogP contribution in [0.15, 0.2) is 29.3 Å². The van der Waals surface area contributed by atoms with E-state index in [0.717, 1.165) is 32.0 Å². The van der Waals surface area contributed by atoms with Crippen LogP contribution in [0.25, 0.3) is 0 Å². The number of hydrogen-bond donors (Lipinski definition) is 2. The lowest BCUT2D eigenvalue weighted by Gasteiger charge is -2.29. The number of piperidine rings is 1. The summed E-state index contributed by atoms with van der Waals surface area (Å²) in [6.07, 6.45) is -1.45. The first-order chi connectivity index (χ1) is 11.8. The molecular weight excluding hydrogens is 333 g/mol. The first kappa shape index (κ1) is 19.4. The third-order valence-corrected chi connectivity index (χ3v) is 4.17. The van der Waals surface area contributed by atoms with Crippen molar-refractivity contribution < 1.29 is 17.9 Å². The summed E-state index contributed by atoms with van der Waals surface area (Å²) in [5.74, 6) is 0.536. The van der Waals surface area contributed by atoms with Gasteiger partial charge in [0, 0.05) is 6.54 Å². The molecule has 1 saturated heterocycles. The predicted molar refractivity (Wildman–Crippen MR) is 92.7 cm³/mol. The van der Waals surface area contributed by atoms with Crippen LogP contribution in [0.4, 0.5) is 18.9 Å². The van der Waals surface area contributed by atoms with E-state index in [2.05, 4.69) is 26.9 Å². The summed E-state index contributed by atoms with van der Waals surface area (Å²) >= 11 is 0. The topological polar surface area (TPSA) is 62.9 Å². The average Bonchev–Trinajstić information content (AvgIpc) is 2.54. The molecule has 0 amide bonds. The van der Waals surface area contributed by atoms with Crippen molar-refractivity contribution in [2.24, 2.45) is 16.6 Å². The number of para-hydroxylation sites is 2. The summed E-state index contributed by atoms with van der Waals surface area (Å²) in [6.45, 7) is 5.97. The van der Waals surface area contributed by atoms with Crippen molar-refractivity contribution in [3.63, 3.8) is 0 Å². The molecule has 1 aromatic carbocycles. The molecule has 1 aliphatic rings. The highest BCUT2D eigenvalue weighted by molar-refractivity contribution is 5.93. The Morgan fingerprint density at radius 2 is 2.00 bits per heavy atom. The Morgan fingerprint density at radius 3 is 2.68 bits per heavy atom. The first-order valence-corrected chi connectivity index (χ1v) is 8.47. The van der Waals surface area contributed by atoms with E-state index in [1.165, 1.54) is 31.0 Å². The zero-order valence-electron chi connectivity index (χ0n) is 14.4. The third kappa shape index (κ3) is 7.21. The SMILES string of the molecule is CC1CCN(CCCN=C(N)Nc2ccccc2OC(F)(F)F)CC1. The molecule has 0 unspecified atom stereocenters. The standard InChI is InChI=1S/C17H25F3N4O/c1-13-7-11-24(12-8-13)10-4-9-22-16(21)23-14-5-2-3-6-15(14)25-17(18,19)20/h2-3,5-6,13H,4,7-12H2,1H3,(H3,21,22,23). The van der Waals surface area contributed by atoms with Crippen molar-refractivity contribution >= 4 is 11.6 Å². The van der Waals surface area contributed by atoms with Crippen LogP contribution in [0.2, 0.25) is 0 Å². The third-order valence-electron chi connectivity index (χ3n) is 4.17. The number of likely N-dealkylation sites (tertiary alicyclic amines) is 1. The summed E-state index contributed by atoms with van der Waals surface area (Å²) < 4.78 is 41.1. The molecular formula is C17H25F3N4O. The number of nitrogens with zero attached hydrogens (tertiary/aromatic N) is 2. The number of guanidine groups is 1. The molecule has 8 heteroatoms. The van der Waals surface area contributed by atoms with Gasteiger partial charge in [-0.1, -0.05) is 19.1 Å². The highest BCUT2D eigenvalue weighted by Crippen LogP contribution is 2.29. The fourth-order valence-electron chi connectivity index (χ4n) is 2.74. The van der Waals surface area contributed by atoms with Crippen LogP contribution in [0.3, 0.4) is 0 Å². The van der Waals surface area contributed by atoms with Gasteiger partial charge in [-0.2, -0.15) is 0 Å². The highest BCUT2D eigenvalue weighted by Gasteiger charge is 2.32. The second kappa shape index (κ2) is 8.94. The normalized spacial score (nSPS) is 17.5. The number of ether oxygens (including phenoxy) is 1. The van der Waals surface area contributed by atoms with Gasteiger partial charge in [0.05, 0.1) is 5.69 Å². The lowest BCUT2D eigenvalue weighted by Crippen LogP contribution is -2.34. The number of aliphatic imine (C=N–C) groups is 1. The maximum Gasteiger partial charge on any atom is 0.573 e. The van der Waals surface area contributed by atoms with E-state index in [4.69, 9.17) is 5.73 Å². The Labute approximate surface area is 146 Å². The van der Waals surface area contributed by atoms with E-state index >= 15 is 0 Å². The number of nitrogens with two attached hydrogens (primary N) is 1. The van der Waals surface area contributed by atoms with E-state index in [1.807, 2.05) is 0 Å². The van der Waals surface area contributed by atoms with E-state index in [0.29, 0.717) is 6.54 Å². The number of rotatable bonds is 6. The fraction of sp³-hybridized carbons (Fsp3) is 0.588. The maximum absolute atomic E-state index is 12.4. The summed E-state index contributed by atoms with van der Waals surface area (Å²) in [6, 6.07) is 5.73. The summed E-state index contributed by atoms with van der Waals surface area (Å²) in [5.41, 5.74) is 5.89. The smallest absolute Gasteiger partial charge is 0.404 e. The molecule has 2 rings (SSSR count). The lowest BCUT2D eigenvalue weighted by molar-refractivity contribution is -0.274. The van der Waals surface area contributed by atoms with Crippen molar-refractivity contribution in [3.8, 4) is 5.75 Å². The fourth-order valence-corrected chi connectivity index (χ4v) is 2.74. The molecule has 0 aromatic heterocycles. The van der Waals surface area contributed by atoms with Gasteiger partial charge in [0.15, 0.2) is 11.7 Å². The molecule has 3 N–H and O–H groups in total. The Bertz CT molecular complexity index is 569. The van der Waals surface area contributed by atoms with Crippen molar-refractivity contribution in [2.45, 2.75) is 32.5 Å². The minimum atomic E-state index is -4.75. The second-order valence-electron chi connectivity index (χ2n) is 6.31. The zero-order valence-corrected chi connectivity index (χ0v) is 14.4. The van der Waals surface area contributed by atoms with Crippen molar-refractivity contribution in [1.82, 2.24) is 4.90 Å². The molecule has 0 aliphatic carbocycles. The van der Waals surface area contributed by atoms with Crippen LogP contribution in [0.1, 0.15) is 26.2 Å². The Morgan fingerprint density at radius 1 is 1.32 bits per heavy atom. The number of nitrogens with one attached hydrogen (secondary N) is 1. The molecule has 5 nitrogen and oxygen atoms in total. The number of hydrogen-bond acceptors (Lipinski definition) is 3. The molecule has 0 radical (unpaired) electrons. The second-order valence-corrected chi connectivity index (χ2v) is 6.31. The lowest BCUT2D eigenvalue weighted by atomic mass is 9.99. The largest absolute Gasteiger partial charge is 0.573 e. The van der Waals surface area contributed by atoms with Crippen molar-refractivity contribution in [3.05, 3.63) is 24.3 Å². The van der Waals surface area contributed by atoms with Gasteiger partial charge in [0.25, 0.3) is 0 Å². The van der Waals surface area contributed by atoms with Gasteiger partial charge in [-0.05, 0) is 56.9 Å². The van der Waals surface area contributed by atoms with Crippen LogP contribution in [0, 0.1) is 5.92 Å². The van der Waals surface area contributed by atoms with Crippen molar-refractivity contribution in [2.75, 3.05) is 31.5 Å². The number of benzene rings is 1. The first-order valence-electron chi connectivity index (χ1n) is 8.47. The quantitative estimate of drug-likeness (QED) is 0.465. The zero-order chi connectivity index (χ0) is 18.3. The predicted octanol–water partition coefficient (Wildman–Crippen LogP) is 3.43. The van der Waals surface area contributed by atoms with E-state index in [9.17, 15) is 13.2 Å². The van der Waals surface area contributed by atoms with Crippen LogP contribution >= 0.6 is 0 Å².